The second-order valence-corrected chi connectivity index (χ2v) is 4.34. The van der Waals surface area contributed by atoms with E-state index >= 15 is 0 Å². The van der Waals surface area contributed by atoms with E-state index in [1.54, 1.807) is 12.1 Å². The highest BCUT2D eigenvalue weighted by Gasteiger charge is 2.12. The third-order valence-corrected chi connectivity index (χ3v) is 2.67. The Bertz CT molecular complexity index is 686. The second-order valence-electron chi connectivity index (χ2n) is 4.34. The van der Waals surface area contributed by atoms with Gasteiger partial charge in [-0.3, -0.25) is 0 Å². The molecule has 0 spiro atoms. The average molecular weight is 285 g/mol. The zero-order valence-corrected chi connectivity index (χ0v) is 12.0. The monoisotopic (exact) mass is 285 g/mol. The summed E-state index contributed by atoms with van der Waals surface area (Å²) in [6, 6.07) is 5.73. The molecular weight excluding hydrogens is 270 g/mol. The fourth-order valence-electron chi connectivity index (χ4n) is 1.86. The fraction of sp³-hybridized carbons (Fsp3) is 0.286. The number of rotatable bonds is 4. The second kappa shape index (κ2) is 6.05. The highest BCUT2D eigenvalue weighted by Crippen LogP contribution is 2.28. The zero-order chi connectivity index (χ0) is 15.4. The molecule has 0 saturated heterocycles. The highest BCUT2D eigenvalue weighted by molar-refractivity contribution is 5.48. The van der Waals surface area contributed by atoms with Gasteiger partial charge in [0.1, 0.15) is 5.75 Å². The Morgan fingerprint density at radius 3 is 2.33 bits per heavy atom. The molecule has 108 valence electrons. The lowest BCUT2D eigenvalue weighted by molar-refractivity contribution is 0.303. The van der Waals surface area contributed by atoms with Crippen LogP contribution in [0.25, 0.3) is 0 Å². The summed E-state index contributed by atoms with van der Waals surface area (Å²) in [5.41, 5.74) is 7.79. The van der Waals surface area contributed by atoms with Crippen LogP contribution >= 0.6 is 0 Å². The summed E-state index contributed by atoms with van der Waals surface area (Å²) in [4.78, 5) is 11.8. The number of nitrogen functional groups attached to an aromatic ring is 1. The summed E-state index contributed by atoms with van der Waals surface area (Å²) in [6.45, 7) is 5.92. The largest absolute Gasteiger partial charge is 0.464 e. The molecule has 0 aliphatic heterocycles. The molecule has 2 N–H and O–H groups in total. The number of nitrogens with two attached hydrogens (primary N) is 1. The Labute approximate surface area is 122 Å². The van der Waals surface area contributed by atoms with Crippen molar-refractivity contribution in [1.82, 2.24) is 15.0 Å². The third kappa shape index (κ3) is 3.36. The van der Waals surface area contributed by atoms with Crippen molar-refractivity contribution in [1.29, 1.82) is 5.26 Å². The van der Waals surface area contributed by atoms with Gasteiger partial charge < -0.3 is 15.2 Å². The molecule has 0 aliphatic rings. The number of benzene rings is 1. The number of nitrogens with zero attached hydrogens (tertiary/aromatic N) is 4. The number of aromatic nitrogens is 3. The van der Waals surface area contributed by atoms with Crippen molar-refractivity contribution in [3.8, 4) is 23.8 Å². The Morgan fingerprint density at radius 2 is 1.76 bits per heavy atom. The SMILES string of the molecule is CCOc1nc(N)nc(Oc2c(C)cc(C#N)cc2C)n1. The number of hydrogen-bond acceptors (Lipinski definition) is 7. The van der Waals surface area contributed by atoms with Crippen molar-refractivity contribution in [2.75, 3.05) is 12.3 Å². The molecule has 1 aromatic carbocycles. The first-order chi connectivity index (χ1) is 10.0. The molecule has 21 heavy (non-hydrogen) atoms. The minimum atomic E-state index is 0.0207. The van der Waals surface area contributed by atoms with Crippen LogP contribution < -0.4 is 15.2 Å². The maximum Gasteiger partial charge on any atom is 0.330 e. The van der Waals surface area contributed by atoms with Crippen LogP contribution in [0.4, 0.5) is 5.95 Å². The van der Waals surface area contributed by atoms with Gasteiger partial charge in [-0.15, -0.1) is 4.98 Å². The molecule has 2 aromatic rings. The van der Waals surface area contributed by atoms with E-state index < -0.39 is 0 Å². The first-order valence-electron chi connectivity index (χ1n) is 6.37. The molecule has 0 unspecified atom stereocenters. The molecule has 0 fully saturated rings. The standard InChI is InChI=1S/C14H15N5O2/c1-4-20-13-17-12(16)18-14(19-13)21-11-8(2)5-10(7-15)6-9(11)3/h5-6H,4H2,1-3H3,(H2,16,17,18,19). The average Bonchev–Trinajstić information content (AvgIpc) is 2.42. The fourth-order valence-corrected chi connectivity index (χ4v) is 1.86. The maximum atomic E-state index is 8.94. The van der Waals surface area contributed by atoms with E-state index in [1.807, 2.05) is 20.8 Å². The van der Waals surface area contributed by atoms with Crippen molar-refractivity contribution in [3.05, 3.63) is 28.8 Å². The van der Waals surface area contributed by atoms with Crippen LogP contribution in [0.15, 0.2) is 12.1 Å². The minimum Gasteiger partial charge on any atom is -0.464 e. The molecule has 0 aliphatic carbocycles. The highest BCUT2D eigenvalue weighted by atomic mass is 16.5. The normalized spacial score (nSPS) is 10.0. The van der Waals surface area contributed by atoms with Gasteiger partial charge >= 0.3 is 12.0 Å². The van der Waals surface area contributed by atoms with E-state index in [2.05, 4.69) is 21.0 Å². The molecule has 7 heteroatoms. The van der Waals surface area contributed by atoms with E-state index in [-0.39, 0.29) is 18.0 Å². The van der Waals surface area contributed by atoms with Gasteiger partial charge in [0.05, 0.1) is 18.2 Å². The lowest BCUT2D eigenvalue weighted by Crippen LogP contribution is -2.05. The molecule has 7 nitrogen and oxygen atoms in total. The van der Waals surface area contributed by atoms with Crippen LogP contribution in [0.5, 0.6) is 17.8 Å². The molecule has 0 bridgehead atoms. The first kappa shape index (κ1) is 14.5. The van der Waals surface area contributed by atoms with Crippen molar-refractivity contribution in [2.45, 2.75) is 20.8 Å². The number of nitriles is 1. The Morgan fingerprint density at radius 1 is 1.14 bits per heavy atom. The minimum absolute atomic E-state index is 0.0207. The van der Waals surface area contributed by atoms with Gasteiger partial charge in [-0.05, 0) is 44.0 Å². The topological polar surface area (TPSA) is 107 Å². The number of ether oxygens (including phenoxy) is 2. The smallest absolute Gasteiger partial charge is 0.330 e. The number of anilines is 1. The quantitative estimate of drug-likeness (QED) is 0.916. The van der Waals surface area contributed by atoms with E-state index in [0.29, 0.717) is 17.9 Å². The van der Waals surface area contributed by atoms with Crippen molar-refractivity contribution in [3.63, 3.8) is 0 Å². The Kier molecular flexibility index (Phi) is 4.18. The van der Waals surface area contributed by atoms with Gasteiger partial charge in [0.25, 0.3) is 0 Å². The summed E-state index contributed by atoms with van der Waals surface area (Å²) in [5.74, 6) is 0.606. The van der Waals surface area contributed by atoms with Gasteiger partial charge in [-0.1, -0.05) is 0 Å². The van der Waals surface area contributed by atoms with Crippen LogP contribution in [0.2, 0.25) is 0 Å². The Hall–Kier alpha value is -2.88. The molecule has 1 aromatic heterocycles. The summed E-state index contributed by atoms with van der Waals surface area (Å²) < 4.78 is 10.9. The van der Waals surface area contributed by atoms with Gasteiger partial charge in [0, 0.05) is 0 Å². The van der Waals surface area contributed by atoms with Gasteiger partial charge in [-0.2, -0.15) is 15.2 Å². The van der Waals surface area contributed by atoms with Crippen molar-refractivity contribution in [2.24, 2.45) is 0 Å². The van der Waals surface area contributed by atoms with Gasteiger partial charge in [0.15, 0.2) is 0 Å². The van der Waals surface area contributed by atoms with E-state index in [4.69, 9.17) is 20.5 Å². The molecule has 2 rings (SSSR count). The Balaban J connectivity index is 2.36. The van der Waals surface area contributed by atoms with Crippen LogP contribution in [-0.4, -0.2) is 21.6 Å². The van der Waals surface area contributed by atoms with Crippen LogP contribution in [0.3, 0.4) is 0 Å². The van der Waals surface area contributed by atoms with Crippen LogP contribution in [0.1, 0.15) is 23.6 Å². The zero-order valence-electron chi connectivity index (χ0n) is 12.0. The first-order valence-corrected chi connectivity index (χ1v) is 6.37. The number of hydrogen-bond donors (Lipinski definition) is 1. The lowest BCUT2D eigenvalue weighted by Gasteiger charge is -2.11. The summed E-state index contributed by atoms with van der Waals surface area (Å²) in [7, 11) is 0. The summed E-state index contributed by atoms with van der Waals surface area (Å²) in [5, 5.41) is 8.94. The molecular formula is C14H15N5O2. The molecule has 0 amide bonds. The molecule has 0 saturated carbocycles. The third-order valence-electron chi connectivity index (χ3n) is 2.67. The molecule has 0 atom stereocenters. The van der Waals surface area contributed by atoms with Gasteiger partial charge in [-0.25, -0.2) is 0 Å². The summed E-state index contributed by atoms with van der Waals surface area (Å²) in [6.07, 6.45) is 0. The van der Waals surface area contributed by atoms with Crippen LogP contribution in [0, 0.1) is 25.2 Å². The lowest BCUT2D eigenvalue weighted by atomic mass is 10.1. The number of aryl methyl sites for hydroxylation is 2. The predicted molar refractivity (Wildman–Crippen MR) is 76.1 cm³/mol. The van der Waals surface area contributed by atoms with E-state index in [9.17, 15) is 0 Å². The molecule has 1 heterocycles. The maximum absolute atomic E-state index is 8.94. The predicted octanol–water partition coefficient (Wildman–Crippen LogP) is 2.13. The van der Waals surface area contributed by atoms with Crippen LogP contribution in [-0.2, 0) is 0 Å². The van der Waals surface area contributed by atoms with E-state index in [0.717, 1.165) is 11.1 Å². The summed E-state index contributed by atoms with van der Waals surface area (Å²) >= 11 is 0. The van der Waals surface area contributed by atoms with Gasteiger partial charge in [0.2, 0.25) is 5.95 Å². The van der Waals surface area contributed by atoms with Crippen molar-refractivity contribution >= 4 is 5.95 Å². The van der Waals surface area contributed by atoms with Crippen molar-refractivity contribution < 1.29 is 9.47 Å². The molecule has 0 radical (unpaired) electrons. The van der Waals surface area contributed by atoms with E-state index in [1.165, 1.54) is 0 Å².